The lowest BCUT2D eigenvalue weighted by Gasteiger charge is -2.20. The van der Waals surface area contributed by atoms with Gasteiger partial charge in [-0.3, -0.25) is 0 Å². The van der Waals surface area contributed by atoms with E-state index < -0.39 is 0 Å². The summed E-state index contributed by atoms with van der Waals surface area (Å²) in [5, 5.41) is 20.4. The van der Waals surface area contributed by atoms with E-state index in [1.165, 1.54) is 153 Å². The minimum Gasteiger partial charge on any atom is -0.308 e. The fourth-order valence-corrected chi connectivity index (χ4v) is 12.6. The molecule has 12 aromatic carbocycles. The van der Waals surface area contributed by atoms with Crippen molar-refractivity contribution in [1.82, 2.24) is 8.80 Å². The van der Waals surface area contributed by atoms with Crippen LogP contribution in [0.4, 0.5) is 0 Å². The van der Waals surface area contributed by atoms with Gasteiger partial charge in [-0.25, -0.2) is 0 Å². The van der Waals surface area contributed by atoms with Crippen LogP contribution in [-0.2, 0) is 0 Å². The van der Waals surface area contributed by atoms with Crippen LogP contribution in [0, 0.1) is 0 Å². The summed E-state index contributed by atoms with van der Waals surface area (Å²) in [5.41, 5.74) is 15.1. The van der Waals surface area contributed by atoms with E-state index in [2.05, 4.69) is 227 Å². The van der Waals surface area contributed by atoms with Crippen LogP contribution in [-0.4, -0.2) is 8.80 Å². The molecule has 2 heteroatoms. The maximum Gasteiger partial charge on any atom is 0.0620 e. The second kappa shape index (κ2) is 12.5. The van der Waals surface area contributed by atoms with E-state index in [1.54, 1.807) is 0 Å². The highest BCUT2D eigenvalue weighted by molar-refractivity contribution is 6.31. The number of nitrogens with zero attached hydrogens (tertiary/aromatic N) is 2. The van der Waals surface area contributed by atoms with Crippen molar-refractivity contribution < 1.29 is 0 Å². The van der Waals surface area contributed by atoms with Crippen molar-refractivity contribution in [2.24, 2.45) is 0 Å². The number of benzene rings is 12. The molecule has 0 radical (unpaired) electrons. The summed E-state index contributed by atoms with van der Waals surface area (Å²) in [4.78, 5) is 0. The summed E-state index contributed by atoms with van der Waals surface area (Å²) in [6, 6.07) is 82.2. The Morgan fingerprint density at radius 3 is 1.08 bits per heavy atom. The summed E-state index contributed by atoms with van der Waals surface area (Å²) < 4.78 is 5.00. The summed E-state index contributed by atoms with van der Waals surface area (Å²) in [5.74, 6) is 0. The second-order valence-electron chi connectivity index (χ2n) is 18.3. The quantitative estimate of drug-likeness (QED) is 0.157. The first kappa shape index (κ1) is 34.7. The lowest BCUT2D eigenvalue weighted by atomic mass is 9.82. The molecule has 66 heavy (non-hydrogen) atoms. The van der Waals surface area contributed by atoms with Gasteiger partial charge in [-0.05, 0) is 113 Å². The molecule has 0 aliphatic rings. The fraction of sp³-hybridized carbons (Fsp3) is 0. The van der Waals surface area contributed by atoms with Gasteiger partial charge in [0.05, 0.1) is 33.1 Å². The van der Waals surface area contributed by atoms with E-state index in [0.29, 0.717) is 0 Å². The molecule has 0 unspecified atom stereocenters. The Morgan fingerprint density at radius 1 is 0.212 bits per heavy atom. The van der Waals surface area contributed by atoms with Crippen LogP contribution in [0.15, 0.2) is 218 Å². The number of fused-ring (bicyclic) bond motifs is 16. The third-order valence-corrected chi connectivity index (χ3v) is 15.1. The zero-order valence-electron chi connectivity index (χ0n) is 35.7. The molecule has 0 aliphatic heterocycles. The molecule has 0 fully saturated rings. The van der Waals surface area contributed by atoms with Crippen molar-refractivity contribution in [1.29, 1.82) is 0 Å². The van der Waals surface area contributed by atoms with Gasteiger partial charge in [-0.2, -0.15) is 0 Å². The van der Waals surface area contributed by atoms with Crippen LogP contribution >= 0.6 is 0 Å². The van der Waals surface area contributed by atoms with Crippen LogP contribution < -0.4 is 0 Å². The SMILES string of the molecule is c1ccc2c(-c3c4cccc(-c5cccc6c5c5cccc7c8ccccc8n6c75)c4cc4c(-c5cccc6c5c5cccc7c8ccccc8n6c75)cccc34)c3ccccc3cc2c1. The standard InChI is InChI=1S/C64H36N2/c1-3-17-39-37(15-1)35-38-16-2-4-18-40(38)61(39)62-47-23-9-21-41(45-25-13-33-57-59(45)51-29-11-27-49-43-19-5-7-31-55(43)65(57)63(49)51)53(47)36-54-42(22-10-24-48(54)62)46-26-14-34-58-60(46)52-30-12-28-50-44-20-6-8-32-56(44)66(58)64(50)52/h1-36H. The Labute approximate surface area is 378 Å². The topological polar surface area (TPSA) is 8.82 Å². The Balaban J connectivity index is 1.09. The van der Waals surface area contributed by atoms with Gasteiger partial charge in [-0.1, -0.05) is 182 Å². The highest BCUT2D eigenvalue weighted by Crippen LogP contribution is 2.51. The third kappa shape index (κ3) is 4.27. The average molecular weight is 833 g/mol. The molecule has 0 bridgehead atoms. The van der Waals surface area contributed by atoms with Gasteiger partial charge >= 0.3 is 0 Å². The normalized spacial score (nSPS) is 12.5. The molecule has 0 atom stereocenters. The first-order chi connectivity index (χ1) is 32.8. The van der Waals surface area contributed by atoms with E-state index in [1.807, 2.05) is 0 Å². The molecule has 0 saturated carbocycles. The maximum absolute atomic E-state index is 2.53. The van der Waals surface area contributed by atoms with E-state index in [4.69, 9.17) is 0 Å². The highest BCUT2D eigenvalue weighted by Gasteiger charge is 2.25. The van der Waals surface area contributed by atoms with Crippen molar-refractivity contribution in [3.63, 3.8) is 0 Å². The molecular weight excluding hydrogens is 797 g/mol. The smallest absolute Gasteiger partial charge is 0.0620 e. The predicted octanol–water partition coefficient (Wildman–Crippen LogP) is 17.6. The molecule has 0 N–H and O–H groups in total. The molecule has 0 aliphatic carbocycles. The average Bonchev–Trinajstić information content (AvgIpc) is 4.12. The minimum atomic E-state index is 1.24. The first-order valence-electron chi connectivity index (χ1n) is 23.0. The summed E-state index contributed by atoms with van der Waals surface area (Å²) in [7, 11) is 0. The second-order valence-corrected chi connectivity index (χ2v) is 18.3. The van der Waals surface area contributed by atoms with E-state index >= 15 is 0 Å². The van der Waals surface area contributed by atoms with Gasteiger partial charge in [0, 0.05) is 43.1 Å². The van der Waals surface area contributed by atoms with Crippen molar-refractivity contribution in [3.05, 3.63) is 218 Å². The Bertz CT molecular complexity index is 4460. The molecule has 16 rings (SSSR count). The van der Waals surface area contributed by atoms with Crippen LogP contribution in [0.1, 0.15) is 0 Å². The number of para-hydroxylation sites is 4. The molecular formula is C64H36N2. The van der Waals surface area contributed by atoms with Crippen LogP contribution in [0.5, 0.6) is 0 Å². The molecule has 302 valence electrons. The lowest BCUT2D eigenvalue weighted by Crippen LogP contribution is -1.93. The largest absolute Gasteiger partial charge is 0.308 e. The van der Waals surface area contributed by atoms with Crippen molar-refractivity contribution in [2.75, 3.05) is 0 Å². The number of aromatic nitrogens is 2. The maximum atomic E-state index is 2.53. The lowest BCUT2D eigenvalue weighted by molar-refractivity contribution is 1.37. The Kier molecular flexibility index (Phi) is 6.58. The number of hydrogen-bond donors (Lipinski definition) is 0. The van der Waals surface area contributed by atoms with Crippen molar-refractivity contribution in [3.8, 4) is 33.4 Å². The molecule has 4 heterocycles. The summed E-state index contributed by atoms with van der Waals surface area (Å²) >= 11 is 0. The third-order valence-electron chi connectivity index (χ3n) is 15.1. The van der Waals surface area contributed by atoms with Crippen LogP contribution in [0.3, 0.4) is 0 Å². The van der Waals surface area contributed by atoms with E-state index in [0.717, 1.165) is 0 Å². The van der Waals surface area contributed by atoms with Crippen LogP contribution in [0.2, 0.25) is 0 Å². The molecule has 4 aromatic heterocycles. The first-order valence-corrected chi connectivity index (χ1v) is 23.0. The van der Waals surface area contributed by atoms with Crippen molar-refractivity contribution in [2.45, 2.75) is 0 Å². The minimum absolute atomic E-state index is 1.24. The van der Waals surface area contributed by atoms with Gasteiger partial charge in [0.2, 0.25) is 0 Å². The Hall–Kier alpha value is -8.72. The Morgan fingerprint density at radius 2 is 0.561 bits per heavy atom. The highest BCUT2D eigenvalue weighted by atomic mass is 14.9. The molecule has 16 aromatic rings. The summed E-state index contributed by atoms with van der Waals surface area (Å²) in [6.45, 7) is 0. The number of hydrogen-bond acceptors (Lipinski definition) is 0. The summed E-state index contributed by atoms with van der Waals surface area (Å²) in [6.07, 6.45) is 0. The predicted molar refractivity (Wildman–Crippen MR) is 282 cm³/mol. The molecule has 0 spiro atoms. The monoisotopic (exact) mass is 832 g/mol. The van der Waals surface area contributed by atoms with Gasteiger partial charge in [0.15, 0.2) is 0 Å². The molecule has 0 saturated heterocycles. The fourth-order valence-electron chi connectivity index (χ4n) is 12.6. The zero-order chi connectivity index (χ0) is 42.8. The van der Waals surface area contributed by atoms with Gasteiger partial charge in [-0.15, -0.1) is 0 Å². The zero-order valence-corrected chi connectivity index (χ0v) is 35.7. The van der Waals surface area contributed by atoms with Gasteiger partial charge in [0.1, 0.15) is 0 Å². The van der Waals surface area contributed by atoms with E-state index in [9.17, 15) is 0 Å². The van der Waals surface area contributed by atoms with Crippen molar-refractivity contribution >= 4 is 119 Å². The molecule has 0 amide bonds. The molecule has 2 nitrogen and oxygen atoms in total. The van der Waals surface area contributed by atoms with Gasteiger partial charge in [0.25, 0.3) is 0 Å². The van der Waals surface area contributed by atoms with Crippen LogP contribution in [0.25, 0.3) is 153 Å². The van der Waals surface area contributed by atoms with E-state index in [-0.39, 0.29) is 0 Å². The van der Waals surface area contributed by atoms with Gasteiger partial charge < -0.3 is 8.80 Å². The number of rotatable bonds is 3.